The molecule has 21 heavy (non-hydrogen) atoms. The van der Waals surface area contributed by atoms with Crippen molar-refractivity contribution < 1.29 is 9.59 Å². The van der Waals surface area contributed by atoms with E-state index in [9.17, 15) is 9.59 Å². The number of amides is 2. The Morgan fingerprint density at radius 1 is 1.38 bits per heavy atom. The number of primary amides is 1. The highest BCUT2D eigenvalue weighted by molar-refractivity contribution is 6.31. The van der Waals surface area contributed by atoms with Gasteiger partial charge in [-0.2, -0.15) is 5.10 Å². The fraction of sp³-hybridized carbons (Fsp3) is 0.154. The summed E-state index contributed by atoms with van der Waals surface area (Å²) in [5.41, 5.74) is 12.1. The number of rotatable bonds is 5. The highest BCUT2D eigenvalue weighted by atomic mass is 35.5. The van der Waals surface area contributed by atoms with E-state index in [0.717, 1.165) is 0 Å². The molecule has 0 fully saturated rings. The van der Waals surface area contributed by atoms with E-state index in [-0.39, 0.29) is 12.3 Å². The molecule has 2 rings (SSSR count). The van der Waals surface area contributed by atoms with E-state index < -0.39 is 5.91 Å². The second kappa shape index (κ2) is 6.27. The number of hydrogen-bond acceptors (Lipinski definition) is 4. The molecule has 2 aromatic rings. The van der Waals surface area contributed by atoms with Gasteiger partial charge < -0.3 is 16.8 Å². The summed E-state index contributed by atoms with van der Waals surface area (Å²) in [5, 5.41) is 7.12. The van der Waals surface area contributed by atoms with Crippen molar-refractivity contribution in [3.63, 3.8) is 0 Å². The van der Waals surface area contributed by atoms with Gasteiger partial charge in [0.25, 0.3) is 5.91 Å². The maximum atomic E-state index is 11.8. The number of nitrogen functional groups attached to an aromatic ring is 1. The number of hydrogen-bond donors (Lipinski definition) is 3. The second-order valence-corrected chi connectivity index (χ2v) is 4.82. The molecular weight excluding hydrogens is 294 g/mol. The molecule has 0 bridgehead atoms. The predicted molar refractivity (Wildman–Crippen MR) is 79.9 cm³/mol. The smallest absolute Gasteiger partial charge is 0.251 e. The van der Waals surface area contributed by atoms with Crippen molar-refractivity contribution in [1.82, 2.24) is 9.78 Å². The summed E-state index contributed by atoms with van der Waals surface area (Å²) in [7, 11) is 0. The van der Waals surface area contributed by atoms with Gasteiger partial charge in [-0.3, -0.25) is 14.3 Å². The maximum Gasteiger partial charge on any atom is 0.251 e. The lowest BCUT2D eigenvalue weighted by atomic mass is 10.2. The number of carbonyl (C=O) groups excluding carboxylic acids is 2. The largest absolute Gasteiger partial charge is 0.397 e. The Morgan fingerprint density at radius 2 is 2.14 bits per heavy atom. The molecule has 0 atom stereocenters. The number of anilines is 2. The van der Waals surface area contributed by atoms with Crippen LogP contribution in [0, 0.1) is 0 Å². The van der Waals surface area contributed by atoms with Crippen LogP contribution >= 0.6 is 11.6 Å². The van der Waals surface area contributed by atoms with Crippen molar-refractivity contribution in [1.29, 1.82) is 0 Å². The predicted octanol–water partition coefficient (Wildman–Crippen LogP) is 1.25. The Bertz CT molecular complexity index is 683. The lowest BCUT2D eigenvalue weighted by molar-refractivity contribution is -0.116. The molecule has 0 aliphatic heterocycles. The first-order valence-electron chi connectivity index (χ1n) is 6.13. The molecule has 0 unspecified atom stereocenters. The first-order valence-corrected chi connectivity index (χ1v) is 6.50. The number of nitrogens with one attached hydrogen (secondary N) is 1. The van der Waals surface area contributed by atoms with E-state index in [4.69, 9.17) is 23.1 Å². The molecule has 1 aromatic carbocycles. The van der Waals surface area contributed by atoms with Gasteiger partial charge in [0.2, 0.25) is 5.91 Å². The summed E-state index contributed by atoms with van der Waals surface area (Å²) in [6.07, 6.45) is 3.03. The van der Waals surface area contributed by atoms with Gasteiger partial charge in [0.1, 0.15) is 0 Å². The number of nitrogens with zero attached hydrogens (tertiary/aromatic N) is 2. The molecule has 2 amide bonds. The van der Waals surface area contributed by atoms with Gasteiger partial charge in [-0.05, 0) is 18.2 Å². The second-order valence-electron chi connectivity index (χ2n) is 4.39. The van der Waals surface area contributed by atoms with Crippen LogP contribution in [0.2, 0.25) is 5.02 Å². The molecule has 0 saturated heterocycles. The Kier molecular flexibility index (Phi) is 4.44. The summed E-state index contributed by atoms with van der Waals surface area (Å²) in [5.74, 6) is -0.778. The Morgan fingerprint density at radius 3 is 2.76 bits per heavy atom. The van der Waals surface area contributed by atoms with E-state index in [1.807, 2.05) is 0 Å². The molecule has 0 saturated carbocycles. The van der Waals surface area contributed by atoms with E-state index in [2.05, 4.69) is 10.4 Å². The first-order chi connectivity index (χ1) is 9.95. The maximum absolute atomic E-state index is 11.8. The summed E-state index contributed by atoms with van der Waals surface area (Å²) in [4.78, 5) is 22.8. The van der Waals surface area contributed by atoms with E-state index in [1.165, 1.54) is 17.1 Å². The summed E-state index contributed by atoms with van der Waals surface area (Å²) < 4.78 is 1.48. The zero-order valence-electron chi connectivity index (χ0n) is 11.0. The monoisotopic (exact) mass is 307 g/mol. The summed E-state index contributed by atoms with van der Waals surface area (Å²) >= 11 is 5.78. The lowest BCUT2D eigenvalue weighted by Crippen LogP contribution is -2.15. The third kappa shape index (κ3) is 3.96. The molecule has 0 aliphatic carbocycles. The zero-order chi connectivity index (χ0) is 15.4. The van der Waals surface area contributed by atoms with E-state index in [1.54, 1.807) is 18.2 Å². The van der Waals surface area contributed by atoms with Crippen molar-refractivity contribution in [2.24, 2.45) is 5.73 Å². The standard InChI is InChI=1S/C13H14ClN5O2/c14-9-1-2-11(10(15)5-9)18-12(20)3-4-19-7-8(6-17-19)13(16)21/h1-2,5-7H,3-4,15H2,(H2,16,21)(H,18,20). The number of carbonyl (C=O) groups is 2. The highest BCUT2D eigenvalue weighted by Gasteiger charge is 2.08. The van der Waals surface area contributed by atoms with Crippen LogP contribution in [0.4, 0.5) is 11.4 Å². The van der Waals surface area contributed by atoms with Crippen LogP contribution in [0.25, 0.3) is 0 Å². The number of aryl methyl sites for hydroxylation is 1. The Balaban J connectivity index is 1.91. The number of nitrogens with two attached hydrogens (primary N) is 2. The zero-order valence-corrected chi connectivity index (χ0v) is 11.8. The SMILES string of the molecule is NC(=O)c1cnn(CCC(=O)Nc2ccc(Cl)cc2N)c1. The molecular formula is C13H14ClN5O2. The molecule has 5 N–H and O–H groups in total. The number of aromatic nitrogens is 2. The molecule has 1 aromatic heterocycles. The summed E-state index contributed by atoms with van der Waals surface area (Å²) in [6, 6.07) is 4.83. The summed E-state index contributed by atoms with van der Waals surface area (Å²) in [6.45, 7) is 0.326. The fourth-order valence-corrected chi connectivity index (χ4v) is 1.87. The van der Waals surface area contributed by atoms with E-state index >= 15 is 0 Å². The van der Waals surface area contributed by atoms with Crippen LogP contribution in [0.3, 0.4) is 0 Å². The van der Waals surface area contributed by atoms with Crippen LogP contribution in [0.1, 0.15) is 16.8 Å². The fourth-order valence-electron chi connectivity index (χ4n) is 1.69. The average Bonchev–Trinajstić information content (AvgIpc) is 2.89. The van der Waals surface area contributed by atoms with Crippen molar-refractivity contribution in [3.05, 3.63) is 41.2 Å². The van der Waals surface area contributed by atoms with Gasteiger partial charge in [-0.15, -0.1) is 0 Å². The van der Waals surface area contributed by atoms with Crippen LogP contribution in [-0.4, -0.2) is 21.6 Å². The van der Waals surface area contributed by atoms with Crippen LogP contribution < -0.4 is 16.8 Å². The molecule has 0 aliphatic rings. The quantitative estimate of drug-likeness (QED) is 0.721. The molecule has 7 nitrogen and oxygen atoms in total. The van der Waals surface area contributed by atoms with Crippen molar-refractivity contribution in [2.45, 2.75) is 13.0 Å². The van der Waals surface area contributed by atoms with Crippen molar-refractivity contribution >= 4 is 34.8 Å². The Labute approximate surface area is 125 Å². The molecule has 0 radical (unpaired) electrons. The van der Waals surface area contributed by atoms with Crippen molar-refractivity contribution in [2.75, 3.05) is 11.1 Å². The van der Waals surface area contributed by atoms with Gasteiger partial charge in [0, 0.05) is 24.2 Å². The Hall–Kier alpha value is -2.54. The van der Waals surface area contributed by atoms with Crippen LogP contribution in [0.15, 0.2) is 30.6 Å². The first kappa shape index (κ1) is 14.9. The highest BCUT2D eigenvalue weighted by Crippen LogP contribution is 2.22. The number of halogens is 1. The van der Waals surface area contributed by atoms with Gasteiger partial charge in [-0.25, -0.2) is 0 Å². The minimum atomic E-state index is -0.556. The van der Waals surface area contributed by atoms with E-state index in [0.29, 0.717) is 28.5 Å². The van der Waals surface area contributed by atoms with Gasteiger partial charge in [0.05, 0.1) is 23.1 Å². The topological polar surface area (TPSA) is 116 Å². The minimum absolute atomic E-state index is 0.182. The van der Waals surface area contributed by atoms with Gasteiger partial charge in [-0.1, -0.05) is 11.6 Å². The lowest BCUT2D eigenvalue weighted by Gasteiger charge is -2.08. The van der Waals surface area contributed by atoms with Crippen LogP contribution in [-0.2, 0) is 11.3 Å². The molecule has 8 heteroatoms. The molecule has 1 heterocycles. The minimum Gasteiger partial charge on any atom is -0.397 e. The molecule has 110 valence electrons. The average molecular weight is 308 g/mol. The number of benzene rings is 1. The van der Waals surface area contributed by atoms with Gasteiger partial charge in [0.15, 0.2) is 0 Å². The molecule has 0 spiro atoms. The third-order valence-electron chi connectivity index (χ3n) is 2.77. The normalized spacial score (nSPS) is 10.3. The van der Waals surface area contributed by atoms with Crippen LogP contribution in [0.5, 0.6) is 0 Å². The third-order valence-corrected chi connectivity index (χ3v) is 3.01. The van der Waals surface area contributed by atoms with Gasteiger partial charge >= 0.3 is 0 Å². The van der Waals surface area contributed by atoms with Crippen molar-refractivity contribution in [3.8, 4) is 0 Å².